The molecular weight excluding hydrogens is 359 g/mol. The standard InChI is InChI=1S/C19H18F3N3O2/c1-24(2)14-8-6-13(7-9-14)23-16-11-17(26)25(18(16)27)15-5-3-4-12(10-15)19(20,21)22/h3-10,16,23H,11H2,1-2H3/t16-/m0/s1. The minimum Gasteiger partial charge on any atom is -0.378 e. The molecule has 27 heavy (non-hydrogen) atoms. The van der Waals surface area contributed by atoms with Crippen molar-refractivity contribution >= 4 is 28.9 Å². The second-order valence-corrected chi connectivity index (χ2v) is 6.46. The fourth-order valence-electron chi connectivity index (χ4n) is 2.89. The number of nitrogens with zero attached hydrogens (tertiary/aromatic N) is 2. The molecule has 1 fully saturated rings. The molecule has 2 amide bonds. The van der Waals surface area contributed by atoms with Gasteiger partial charge in [0.1, 0.15) is 6.04 Å². The number of nitrogens with one attached hydrogen (secondary N) is 1. The van der Waals surface area contributed by atoms with Crippen LogP contribution in [0.4, 0.5) is 30.2 Å². The molecule has 1 aliphatic heterocycles. The highest BCUT2D eigenvalue weighted by molar-refractivity contribution is 6.23. The summed E-state index contributed by atoms with van der Waals surface area (Å²) in [5.41, 5.74) is 0.640. The van der Waals surface area contributed by atoms with Crippen molar-refractivity contribution < 1.29 is 22.8 Å². The van der Waals surface area contributed by atoms with E-state index in [9.17, 15) is 22.8 Å². The average molecular weight is 377 g/mol. The number of anilines is 3. The molecule has 5 nitrogen and oxygen atoms in total. The van der Waals surface area contributed by atoms with Gasteiger partial charge < -0.3 is 10.2 Å². The van der Waals surface area contributed by atoms with Crippen molar-refractivity contribution in [3.8, 4) is 0 Å². The SMILES string of the molecule is CN(C)c1ccc(N[C@H]2CC(=O)N(c3cccc(C(F)(F)F)c3)C2=O)cc1. The number of alkyl halides is 3. The van der Waals surface area contributed by atoms with Crippen LogP contribution in [-0.4, -0.2) is 32.0 Å². The number of imide groups is 1. The molecule has 0 aliphatic carbocycles. The van der Waals surface area contributed by atoms with E-state index in [2.05, 4.69) is 5.32 Å². The molecule has 142 valence electrons. The van der Waals surface area contributed by atoms with Crippen LogP contribution in [0.2, 0.25) is 0 Å². The van der Waals surface area contributed by atoms with E-state index in [-0.39, 0.29) is 12.1 Å². The topological polar surface area (TPSA) is 52.7 Å². The zero-order valence-corrected chi connectivity index (χ0v) is 14.7. The van der Waals surface area contributed by atoms with Crippen LogP contribution in [0.3, 0.4) is 0 Å². The number of carbonyl (C=O) groups is 2. The predicted octanol–water partition coefficient (Wildman–Crippen LogP) is 3.52. The highest BCUT2D eigenvalue weighted by Gasteiger charge is 2.40. The maximum atomic E-state index is 12.9. The molecule has 0 saturated carbocycles. The lowest BCUT2D eigenvalue weighted by Gasteiger charge is -2.18. The van der Waals surface area contributed by atoms with Crippen molar-refractivity contribution in [1.82, 2.24) is 0 Å². The van der Waals surface area contributed by atoms with Crippen LogP contribution in [0, 0.1) is 0 Å². The van der Waals surface area contributed by atoms with Gasteiger partial charge in [0.25, 0.3) is 5.91 Å². The molecule has 1 heterocycles. The Morgan fingerprint density at radius 2 is 1.74 bits per heavy atom. The van der Waals surface area contributed by atoms with E-state index in [0.717, 1.165) is 22.7 Å². The minimum absolute atomic E-state index is 0.0768. The third kappa shape index (κ3) is 3.89. The number of hydrogen-bond acceptors (Lipinski definition) is 4. The molecule has 1 saturated heterocycles. The first-order valence-electron chi connectivity index (χ1n) is 8.25. The zero-order valence-electron chi connectivity index (χ0n) is 14.7. The van der Waals surface area contributed by atoms with Crippen LogP contribution in [0.25, 0.3) is 0 Å². The summed E-state index contributed by atoms with van der Waals surface area (Å²) in [6, 6.07) is 10.7. The maximum absolute atomic E-state index is 12.9. The third-order valence-corrected chi connectivity index (χ3v) is 4.30. The highest BCUT2D eigenvalue weighted by atomic mass is 19.4. The van der Waals surface area contributed by atoms with Gasteiger partial charge in [-0.25, -0.2) is 4.90 Å². The van der Waals surface area contributed by atoms with Crippen LogP contribution < -0.4 is 15.1 Å². The summed E-state index contributed by atoms with van der Waals surface area (Å²) >= 11 is 0. The van der Waals surface area contributed by atoms with E-state index in [0.29, 0.717) is 5.69 Å². The molecule has 1 atom stereocenters. The summed E-state index contributed by atoms with van der Waals surface area (Å²) in [7, 11) is 3.79. The van der Waals surface area contributed by atoms with Gasteiger partial charge in [0.05, 0.1) is 17.7 Å². The Morgan fingerprint density at radius 3 is 2.33 bits per heavy atom. The Kier molecular flexibility index (Phi) is 4.82. The number of carbonyl (C=O) groups excluding carboxylic acids is 2. The monoisotopic (exact) mass is 377 g/mol. The lowest BCUT2D eigenvalue weighted by Crippen LogP contribution is -2.35. The second kappa shape index (κ2) is 6.94. The van der Waals surface area contributed by atoms with Crippen LogP contribution in [-0.2, 0) is 15.8 Å². The Balaban J connectivity index is 1.79. The Hall–Kier alpha value is -3.03. The van der Waals surface area contributed by atoms with Gasteiger partial charge >= 0.3 is 6.18 Å². The molecule has 0 bridgehead atoms. The summed E-state index contributed by atoms with van der Waals surface area (Å²) < 4.78 is 38.7. The van der Waals surface area contributed by atoms with Gasteiger partial charge in [0, 0.05) is 25.5 Å². The number of amides is 2. The normalized spacial score (nSPS) is 17.4. The largest absolute Gasteiger partial charge is 0.416 e. The van der Waals surface area contributed by atoms with E-state index in [1.165, 1.54) is 12.1 Å². The summed E-state index contributed by atoms with van der Waals surface area (Å²) in [5, 5.41) is 2.98. The lowest BCUT2D eigenvalue weighted by molar-refractivity contribution is -0.137. The molecule has 3 rings (SSSR count). The Bertz CT molecular complexity index is 863. The summed E-state index contributed by atoms with van der Waals surface area (Å²) in [4.78, 5) is 27.6. The zero-order chi connectivity index (χ0) is 19.8. The predicted molar refractivity (Wildman–Crippen MR) is 96.7 cm³/mol. The van der Waals surface area contributed by atoms with Crippen LogP contribution in [0.1, 0.15) is 12.0 Å². The van der Waals surface area contributed by atoms with Gasteiger partial charge in [-0.05, 0) is 42.5 Å². The lowest BCUT2D eigenvalue weighted by atomic mass is 10.2. The van der Waals surface area contributed by atoms with E-state index in [1.807, 2.05) is 31.1 Å². The number of hydrogen-bond donors (Lipinski definition) is 1. The fourth-order valence-corrected chi connectivity index (χ4v) is 2.89. The van der Waals surface area contributed by atoms with Gasteiger partial charge in [0.15, 0.2) is 0 Å². The molecule has 0 unspecified atom stereocenters. The summed E-state index contributed by atoms with van der Waals surface area (Å²) in [6.07, 6.45) is -4.67. The molecule has 0 spiro atoms. The maximum Gasteiger partial charge on any atom is 0.416 e. The first-order valence-corrected chi connectivity index (χ1v) is 8.25. The van der Waals surface area contributed by atoms with Crippen molar-refractivity contribution in [3.05, 3.63) is 54.1 Å². The van der Waals surface area contributed by atoms with E-state index < -0.39 is 29.6 Å². The quantitative estimate of drug-likeness (QED) is 0.829. The van der Waals surface area contributed by atoms with Crippen LogP contribution in [0.5, 0.6) is 0 Å². The molecule has 8 heteroatoms. The molecule has 1 N–H and O–H groups in total. The minimum atomic E-state index is -4.55. The fraction of sp³-hybridized carbons (Fsp3) is 0.263. The summed E-state index contributed by atoms with van der Waals surface area (Å²) in [5.74, 6) is -1.11. The van der Waals surface area contributed by atoms with E-state index in [4.69, 9.17) is 0 Å². The molecular formula is C19H18F3N3O2. The molecule has 0 radical (unpaired) electrons. The van der Waals surface area contributed by atoms with Crippen LogP contribution in [0.15, 0.2) is 48.5 Å². The molecule has 2 aromatic rings. The first-order chi connectivity index (χ1) is 12.7. The van der Waals surface area contributed by atoms with Crippen molar-refractivity contribution in [2.45, 2.75) is 18.6 Å². The van der Waals surface area contributed by atoms with Crippen molar-refractivity contribution in [3.63, 3.8) is 0 Å². The highest BCUT2D eigenvalue weighted by Crippen LogP contribution is 2.33. The van der Waals surface area contributed by atoms with E-state index in [1.54, 1.807) is 12.1 Å². The van der Waals surface area contributed by atoms with Crippen molar-refractivity contribution in [1.29, 1.82) is 0 Å². The Morgan fingerprint density at radius 1 is 1.07 bits per heavy atom. The first kappa shape index (κ1) is 18.8. The third-order valence-electron chi connectivity index (χ3n) is 4.30. The smallest absolute Gasteiger partial charge is 0.378 e. The molecule has 1 aliphatic rings. The molecule has 0 aromatic heterocycles. The van der Waals surface area contributed by atoms with Gasteiger partial charge in [0.2, 0.25) is 5.91 Å². The van der Waals surface area contributed by atoms with Gasteiger partial charge in [-0.3, -0.25) is 9.59 Å². The van der Waals surface area contributed by atoms with Crippen molar-refractivity contribution in [2.24, 2.45) is 0 Å². The van der Waals surface area contributed by atoms with E-state index >= 15 is 0 Å². The van der Waals surface area contributed by atoms with Gasteiger partial charge in [-0.1, -0.05) is 6.07 Å². The number of benzene rings is 2. The van der Waals surface area contributed by atoms with Crippen molar-refractivity contribution in [2.75, 3.05) is 29.2 Å². The second-order valence-electron chi connectivity index (χ2n) is 6.46. The van der Waals surface area contributed by atoms with Crippen LogP contribution >= 0.6 is 0 Å². The number of rotatable bonds is 4. The number of halogens is 3. The van der Waals surface area contributed by atoms with Gasteiger partial charge in [-0.15, -0.1) is 0 Å². The summed E-state index contributed by atoms with van der Waals surface area (Å²) in [6.45, 7) is 0. The molecule has 2 aromatic carbocycles. The van der Waals surface area contributed by atoms with Gasteiger partial charge in [-0.2, -0.15) is 13.2 Å². The average Bonchev–Trinajstić information content (AvgIpc) is 2.88. The Labute approximate surface area is 154 Å².